The average molecular weight is 325 g/mol. The van der Waals surface area contributed by atoms with Crippen LogP contribution in [0.25, 0.3) is 0 Å². The summed E-state index contributed by atoms with van der Waals surface area (Å²) in [6.45, 7) is 6.59. The van der Waals surface area contributed by atoms with Gasteiger partial charge in [0.25, 0.3) is 0 Å². The Morgan fingerprint density at radius 1 is 1.42 bits per heavy atom. The molecule has 2 rings (SSSR count). The van der Waals surface area contributed by atoms with Gasteiger partial charge in [0.05, 0.1) is 0 Å². The number of halogens is 1. The minimum Gasteiger partial charge on any atom is -0.374 e. The van der Waals surface area contributed by atoms with Crippen molar-refractivity contribution in [2.45, 2.75) is 39.2 Å². The van der Waals surface area contributed by atoms with Gasteiger partial charge in [-0.25, -0.2) is 0 Å². The number of anilines is 1. The molecule has 1 atom stereocenters. The van der Waals surface area contributed by atoms with E-state index in [1.807, 2.05) is 0 Å². The molecule has 0 spiro atoms. The van der Waals surface area contributed by atoms with Crippen molar-refractivity contribution in [2.24, 2.45) is 5.92 Å². The lowest BCUT2D eigenvalue weighted by Gasteiger charge is -2.33. The van der Waals surface area contributed by atoms with Crippen molar-refractivity contribution in [2.75, 3.05) is 25.0 Å². The largest absolute Gasteiger partial charge is 0.374 e. The zero-order valence-corrected chi connectivity index (χ0v) is 13.8. The molecule has 1 N–H and O–H groups in total. The molecular formula is C16H25BrN2. The Labute approximate surface area is 125 Å². The average Bonchev–Trinajstić information content (AvgIpc) is 2.33. The van der Waals surface area contributed by atoms with Crippen LogP contribution in [0.5, 0.6) is 0 Å². The molecule has 3 heteroatoms. The highest BCUT2D eigenvalue weighted by atomic mass is 79.9. The second kappa shape index (κ2) is 6.76. The Balaban J connectivity index is 2.17. The smallest absolute Gasteiger partial charge is 0.0412 e. The van der Waals surface area contributed by atoms with E-state index in [4.69, 9.17) is 0 Å². The number of nitrogens with zero attached hydrogens (tertiary/aromatic N) is 1. The first kappa shape index (κ1) is 14.9. The number of hydrogen-bond acceptors (Lipinski definition) is 2. The molecule has 0 bridgehead atoms. The van der Waals surface area contributed by atoms with E-state index >= 15 is 0 Å². The van der Waals surface area contributed by atoms with E-state index in [0.29, 0.717) is 6.04 Å². The van der Waals surface area contributed by atoms with Gasteiger partial charge < -0.3 is 10.2 Å². The van der Waals surface area contributed by atoms with Crippen LogP contribution in [0.15, 0.2) is 22.7 Å². The van der Waals surface area contributed by atoms with E-state index in [9.17, 15) is 0 Å². The number of benzene rings is 1. The molecular weight excluding hydrogens is 300 g/mol. The summed E-state index contributed by atoms with van der Waals surface area (Å²) in [6.07, 6.45) is 4.22. The Morgan fingerprint density at radius 2 is 2.16 bits per heavy atom. The van der Waals surface area contributed by atoms with Crippen LogP contribution >= 0.6 is 15.9 Å². The Hall–Kier alpha value is -0.540. The van der Waals surface area contributed by atoms with Crippen LogP contribution in [0.4, 0.5) is 5.69 Å². The van der Waals surface area contributed by atoms with Crippen LogP contribution in [0.3, 0.4) is 0 Å². The van der Waals surface area contributed by atoms with Crippen molar-refractivity contribution in [1.29, 1.82) is 0 Å². The standard InChI is InChI=1S/C16H25BrN2/c1-4-18-12(2)15-10-14(17)8-9-16(15)19(3)11-13-6-5-7-13/h8-10,12-13,18H,4-7,11H2,1-3H3. The van der Waals surface area contributed by atoms with Gasteiger partial charge in [0, 0.05) is 29.8 Å². The topological polar surface area (TPSA) is 15.3 Å². The van der Waals surface area contributed by atoms with Gasteiger partial charge in [-0.3, -0.25) is 0 Å². The quantitative estimate of drug-likeness (QED) is 0.836. The molecule has 106 valence electrons. The molecule has 1 aromatic carbocycles. The number of hydrogen-bond donors (Lipinski definition) is 1. The van der Waals surface area contributed by atoms with Crippen molar-refractivity contribution in [3.8, 4) is 0 Å². The van der Waals surface area contributed by atoms with Crippen LogP contribution in [0.1, 0.15) is 44.7 Å². The van der Waals surface area contributed by atoms with E-state index in [1.165, 1.54) is 37.1 Å². The summed E-state index contributed by atoms with van der Waals surface area (Å²) in [5.74, 6) is 0.899. The Kier molecular flexibility index (Phi) is 5.28. The molecule has 0 heterocycles. The monoisotopic (exact) mass is 324 g/mol. The Bertz CT molecular complexity index is 415. The third kappa shape index (κ3) is 3.73. The summed E-state index contributed by atoms with van der Waals surface area (Å²) in [4.78, 5) is 2.43. The highest BCUT2D eigenvalue weighted by Gasteiger charge is 2.21. The molecule has 19 heavy (non-hydrogen) atoms. The summed E-state index contributed by atoms with van der Waals surface area (Å²) in [6, 6.07) is 7.03. The molecule has 0 aliphatic heterocycles. The molecule has 0 aromatic heterocycles. The summed E-state index contributed by atoms with van der Waals surface area (Å²) in [5, 5.41) is 3.52. The van der Waals surface area contributed by atoms with E-state index in [-0.39, 0.29) is 0 Å². The van der Waals surface area contributed by atoms with Crippen LogP contribution in [0, 0.1) is 5.92 Å². The van der Waals surface area contributed by atoms with Crippen LogP contribution in [0.2, 0.25) is 0 Å². The highest BCUT2D eigenvalue weighted by Crippen LogP contribution is 2.32. The van der Waals surface area contributed by atoms with E-state index in [0.717, 1.165) is 16.9 Å². The lowest BCUT2D eigenvalue weighted by molar-refractivity contribution is 0.321. The van der Waals surface area contributed by atoms with Crippen LogP contribution in [-0.2, 0) is 0 Å². The third-order valence-electron chi connectivity index (χ3n) is 4.13. The fourth-order valence-electron chi connectivity index (χ4n) is 2.80. The lowest BCUT2D eigenvalue weighted by Crippen LogP contribution is -2.31. The minimum atomic E-state index is 0.390. The molecule has 1 unspecified atom stereocenters. The van der Waals surface area contributed by atoms with Crippen molar-refractivity contribution < 1.29 is 0 Å². The van der Waals surface area contributed by atoms with Crippen LogP contribution < -0.4 is 10.2 Å². The van der Waals surface area contributed by atoms with Gasteiger partial charge >= 0.3 is 0 Å². The maximum Gasteiger partial charge on any atom is 0.0412 e. The second-order valence-corrected chi connectivity index (χ2v) is 6.58. The molecule has 0 radical (unpaired) electrons. The minimum absolute atomic E-state index is 0.390. The molecule has 1 saturated carbocycles. The van der Waals surface area contributed by atoms with Crippen molar-refractivity contribution >= 4 is 21.6 Å². The lowest BCUT2D eigenvalue weighted by atomic mass is 9.85. The number of rotatable bonds is 6. The second-order valence-electron chi connectivity index (χ2n) is 5.66. The predicted molar refractivity (Wildman–Crippen MR) is 86.8 cm³/mol. The van der Waals surface area contributed by atoms with Gasteiger partial charge in [0.2, 0.25) is 0 Å². The molecule has 1 aliphatic carbocycles. The first-order valence-corrected chi connectivity index (χ1v) is 8.15. The van der Waals surface area contributed by atoms with Gasteiger partial charge in [-0.05, 0) is 56.0 Å². The normalized spacial score (nSPS) is 17.1. The number of nitrogens with one attached hydrogen (secondary N) is 1. The highest BCUT2D eigenvalue weighted by molar-refractivity contribution is 9.10. The SMILES string of the molecule is CCNC(C)c1cc(Br)ccc1N(C)CC1CCC1. The van der Waals surface area contributed by atoms with Crippen LogP contribution in [-0.4, -0.2) is 20.1 Å². The summed E-state index contributed by atoms with van der Waals surface area (Å²) in [7, 11) is 2.23. The zero-order valence-electron chi connectivity index (χ0n) is 12.2. The first-order chi connectivity index (χ1) is 9.11. The summed E-state index contributed by atoms with van der Waals surface area (Å²) in [5.41, 5.74) is 2.75. The molecule has 1 aliphatic rings. The van der Waals surface area contributed by atoms with E-state index in [2.05, 4.69) is 65.2 Å². The zero-order chi connectivity index (χ0) is 13.8. The fraction of sp³-hybridized carbons (Fsp3) is 0.625. The van der Waals surface area contributed by atoms with Crippen molar-refractivity contribution in [3.63, 3.8) is 0 Å². The van der Waals surface area contributed by atoms with E-state index < -0.39 is 0 Å². The maximum atomic E-state index is 3.59. The van der Waals surface area contributed by atoms with Gasteiger partial charge in [-0.2, -0.15) is 0 Å². The third-order valence-corrected chi connectivity index (χ3v) is 4.63. The fourth-order valence-corrected chi connectivity index (χ4v) is 3.18. The van der Waals surface area contributed by atoms with Gasteiger partial charge in [0.15, 0.2) is 0 Å². The van der Waals surface area contributed by atoms with Gasteiger partial charge in [-0.15, -0.1) is 0 Å². The summed E-state index contributed by atoms with van der Waals surface area (Å²) >= 11 is 3.59. The summed E-state index contributed by atoms with van der Waals surface area (Å²) < 4.78 is 1.16. The maximum absolute atomic E-state index is 3.59. The van der Waals surface area contributed by atoms with Gasteiger partial charge in [0.1, 0.15) is 0 Å². The Morgan fingerprint density at radius 3 is 2.74 bits per heavy atom. The molecule has 0 amide bonds. The van der Waals surface area contributed by atoms with Crippen molar-refractivity contribution in [3.05, 3.63) is 28.2 Å². The molecule has 1 fully saturated rings. The predicted octanol–water partition coefficient (Wildman–Crippen LogP) is 4.36. The first-order valence-electron chi connectivity index (χ1n) is 7.35. The van der Waals surface area contributed by atoms with Gasteiger partial charge in [-0.1, -0.05) is 29.3 Å². The van der Waals surface area contributed by atoms with Crippen molar-refractivity contribution in [1.82, 2.24) is 5.32 Å². The van der Waals surface area contributed by atoms with E-state index in [1.54, 1.807) is 0 Å². The molecule has 2 nitrogen and oxygen atoms in total. The molecule has 1 aromatic rings. The molecule has 0 saturated heterocycles.